The van der Waals surface area contributed by atoms with Gasteiger partial charge in [-0.2, -0.15) is 5.26 Å². The maximum atomic E-state index is 8.27. The van der Waals surface area contributed by atoms with E-state index in [1.165, 1.54) is 0 Å². The molecule has 0 heterocycles. The summed E-state index contributed by atoms with van der Waals surface area (Å²) in [5, 5.41) is 10.2. The van der Waals surface area contributed by atoms with Crippen LogP contribution in [0.3, 0.4) is 0 Å². The number of benzene rings is 1. The summed E-state index contributed by atoms with van der Waals surface area (Å²) in [5.74, 6) is 0. The van der Waals surface area contributed by atoms with Gasteiger partial charge in [-0.05, 0) is 23.9 Å². The van der Waals surface area contributed by atoms with E-state index in [1.54, 1.807) is 18.2 Å². The Balaban J connectivity index is 2.87. The quantitative estimate of drug-likeness (QED) is 0.375. The molecule has 0 aliphatic carbocycles. The Morgan fingerprint density at radius 1 is 1.70 bits per heavy atom. The standard InChI is InChI=1S/C7H5N2S/c8-5-10-7-3-1-2-6(9)4-7/h1,3-4H,9H2. The SMILES string of the molecule is N#CSc1cc[c]c(N)c1. The third kappa shape index (κ3) is 1.67. The van der Waals surface area contributed by atoms with Gasteiger partial charge in [-0.15, -0.1) is 0 Å². The molecule has 0 atom stereocenters. The van der Waals surface area contributed by atoms with Crippen LogP contribution in [0.15, 0.2) is 23.1 Å². The van der Waals surface area contributed by atoms with E-state index in [0.717, 1.165) is 16.7 Å². The van der Waals surface area contributed by atoms with Crippen molar-refractivity contribution in [3.05, 3.63) is 24.3 Å². The molecule has 0 saturated carbocycles. The van der Waals surface area contributed by atoms with Gasteiger partial charge in [0.2, 0.25) is 0 Å². The Kier molecular flexibility index (Phi) is 2.19. The van der Waals surface area contributed by atoms with Gasteiger partial charge in [0.15, 0.2) is 0 Å². The molecule has 0 unspecified atom stereocenters. The summed E-state index contributed by atoms with van der Waals surface area (Å²) in [4.78, 5) is 0.860. The topological polar surface area (TPSA) is 49.8 Å². The third-order valence-corrected chi connectivity index (χ3v) is 1.54. The predicted octanol–water partition coefficient (Wildman–Crippen LogP) is 1.64. The number of anilines is 1. The van der Waals surface area contributed by atoms with Crippen molar-refractivity contribution in [2.75, 3.05) is 5.73 Å². The van der Waals surface area contributed by atoms with Crippen LogP contribution in [-0.2, 0) is 0 Å². The fraction of sp³-hybridized carbons (Fsp3) is 0. The Morgan fingerprint density at radius 3 is 3.10 bits per heavy atom. The first kappa shape index (κ1) is 6.97. The van der Waals surface area contributed by atoms with Gasteiger partial charge >= 0.3 is 0 Å². The molecule has 2 nitrogen and oxygen atoms in total. The molecule has 10 heavy (non-hydrogen) atoms. The van der Waals surface area contributed by atoms with E-state index in [9.17, 15) is 0 Å². The van der Waals surface area contributed by atoms with Crippen molar-refractivity contribution in [2.45, 2.75) is 4.90 Å². The minimum Gasteiger partial charge on any atom is -0.398 e. The molecule has 0 amide bonds. The van der Waals surface area contributed by atoms with E-state index in [-0.39, 0.29) is 0 Å². The number of hydrogen-bond acceptors (Lipinski definition) is 3. The van der Waals surface area contributed by atoms with Crippen LogP contribution in [0.5, 0.6) is 0 Å². The van der Waals surface area contributed by atoms with Gasteiger partial charge in [-0.25, -0.2) is 0 Å². The average Bonchev–Trinajstić information content (AvgIpc) is 1.88. The Labute approximate surface area is 63.7 Å². The number of nitrogens with zero attached hydrogens (tertiary/aromatic N) is 1. The number of rotatable bonds is 1. The molecule has 1 radical (unpaired) electrons. The van der Waals surface area contributed by atoms with E-state index in [4.69, 9.17) is 11.0 Å². The van der Waals surface area contributed by atoms with Gasteiger partial charge in [-0.1, -0.05) is 6.07 Å². The molecule has 1 aromatic carbocycles. The summed E-state index contributed by atoms with van der Waals surface area (Å²) in [5.41, 5.74) is 5.98. The second kappa shape index (κ2) is 3.14. The average molecular weight is 149 g/mol. The number of nitrogen functional groups attached to an aromatic ring is 1. The highest BCUT2D eigenvalue weighted by Crippen LogP contribution is 2.17. The highest BCUT2D eigenvalue weighted by molar-refractivity contribution is 8.03. The fourth-order valence-electron chi connectivity index (χ4n) is 0.579. The van der Waals surface area contributed by atoms with Crippen molar-refractivity contribution >= 4 is 17.4 Å². The van der Waals surface area contributed by atoms with Gasteiger partial charge < -0.3 is 5.73 Å². The van der Waals surface area contributed by atoms with Crippen LogP contribution in [0.25, 0.3) is 0 Å². The Hall–Kier alpha value is -1.14. The molecular weight excluding hydrogens is 144 g/mol. The summed E-state index contributed by atoms with van der Waals surface area (Å²) in [6, 6.07) is 8.00. The normalized spacial score (nSPS) is 8.70. The van der Waals surface area contributed by atoms with E-state index in [1.807, 2.05) is 5.40 Å². The molecule has 2 N–H and O–H groups in total. The highest BCUT2D eigenvalue weighted by atomic mass is 32.2. The smallest absolute Gasteiger partial charge is 0.138 e. The van der Waals surface area contributed by atoms with Crippen molar-refractivity contribution in [1.82, 2.24) is 0 Å². The predicted molar refractivity (Wildman–Crippen MR) is 41.2 cm³/mol. The summed E-state index contributed by atoms with van der Waals surface area (Å²) in [6.45, 7) is 0. The van der Waals surface area contributed by atoms with Crippen molar-refractivity contribution in [1.29, 1.82) is 5.26 Å². The number of nitriles is 1. The highest BCUT2D eigenvalue weighted by Gasteiger charge is 1.90. The minimum absolute atomic E-state index is 0.570. The lowest BCUT2D eigenvalue weighted by molar-refractivity contribution is 1.46. The van der Waals surface area contributed by atoms with Gasteiger partial charge in [0.25, 0.3) is 0 Å². The first-order valence-corrected chi connectivity index (χ1v) is 3.48. The van der Waals surface area contributed by atoms with Gasteiger partial charge in [0.1, 0.15) is 5.40 Å². The van der Waals surface area contributed by atoms with Gasteiger partial charge in [0, 0.05) is 16.6 Å². The van der Waals surface area contributed by atoms with E-state index < -0.39 is 0 Å². The largest absolute Gasteiger partial charge is 0.398 e. The van der Waals surface area contributed by atoms with Crippen LogP contribution in [-0.4, -0.2) is 0 Å². The molecule has 1 aromatic rings. The molecule has 0 fully saturated rings. The Bertz CT molecular complexity index is 265. The number of hydrogen-bond donors (Lipinski definition) is 1. The lowest BCUT2D eigenvalue weighted by atomic mass is 10.3. The van der Waals surface area contributed by atoms with Crippen LogP contribution >= 0.6 is 11.8 Å². The van der Waals surface area contributed by atoms with Gasteiger partial charge in [-0.3, -0.25) is 0 Å². The minimum atomic E-state index is 0.570. The molecule has 3 heteroatoms. The first-order valence-electron chi connectivity index (χ1n) is 2.66. The summed E-state index contributed by atoms with van der Waals surface area (Å²) >= 11 is 1.09. The van der Waals surface area contributed by atoms with Crippen LogP contribution in [0, 0.1) is 16.7 Å². The number of thiocyanates is 1. The zero-order valence-corrected chi connectivity index (χ0v) is 5.98. The fourth-order valence-corrected chi connectivity index (χ4v) is 1.01. The van der Waals surface area contributed by atoms with Crippen molar-refractivity contribution in [2.24, 2.45) is 0 Å². The van der Waals surface area contributed by atoms with E-state index >= 15 is 0 Å². The maximum Gasteiger partial charge on any atom is 0.138 e. The Morgan fingerprint density at radius 2 is 2.50 bits per heavy atom. The maximum absolute atomic E-state index is 8.27. The molecule has 0 bridgehead atoms. The summed E-state index contributed by atoms with van der Waals surface area (Å²) in [7, 11) is 0. The molecule has 0 spiro atoms. The third-order valence-electron chi connectivity index (χ3n) is 0.959. The van der Waals surface area contributed by atoms with Crippen LogP contribution in [0.4, 0.5) is 5.69 Å². The lowest BCUT2D eigenvalue weighted by Crippen LogP contribution is -1.82. The first-order chi connectivity index (χ1) is 4.83. The van der Waals surface area contributed by atoms with Gasteiger partial charge in [0.05, 0.1) is 0 Å². The lowest BCUT2D eigenvalue weighted by Gasteiger charge is -1.92. The molecule has 1 rings (SSSR count). The zero-order valence-electron chi connectivity index (χ0n) is 5.16. The molecular formula is C7H5N2S. The van der Waals surface area contributed by atoms with Crippen molar-refractivity contribution < 1.29 is 0 Å². The molecule has 0 aromatic heterocycles. The monoisotopic (exact) mass is 149 g/mol. The summed E-state index contributed by atoms with van der Waals surface area (Å²) in [6.07, 6.45) is 0. The van der Waals surface area contributed by atoms with Crippen LogP contribution in [0.2, 0.25) is 0 Å². The zero-order chi connectivity index (χ0) is 7.40. The van der Waals surface area contributed by atoms with Crippen LogP contribution in [0.1, 0.15) is 0 Å². The van der Waals surface area contributed by atoms with E-state index in [0.29, 0.717) is 5.69 Å². The molecule has 49 valence electrons. The summed E-state index contributed by atoms with van der Waals surface area (Å²) < 4.78 is 0. The molecule has 0 aliphatic heterocycles. The van der Waals surface area contributed by atoms with E-state index in [2.05, 4.69) is 6.07 Å². The molecule has 0 aliphatic rings. The van der Waals surface area contributed by atoms with Crippen molar-refractivity contribution in [3.8, 4) is 5.40 Å². The van der Waals surface area contributed by atoms with Crippen LogP contribution < -0.4 is 5.73 Å². The molecule has 0 saturated heterocycles. The number of nitrogens with two attached hydrogens (primary N) is 1. The second-order valence-corrected chi connectivity index (χ2v) is 2.53. The van der Waals surface area contributed by atoms with Crippen molar-refractivity contribution in [3.63, 3.8) is 0 Å². The second-order valence-electron chi connectivity index (χ2n) is 1.67. The number of thioether (sulfide) groups is 1.